The fraction of sp³-hybridized carbons (Fsp3) is 0.917. The van der Waals surface area contributed by atoms with Gasteiger partial charge in [0.1, 0.15) is 0 Å². The monoisotopic (exact) mass is 230 g/mol. The molecule has 0 aliphatic carbocycles. The minimum absolute atomic E-state index is 0.172. The van der Waals surface area contributed by atoms with Crippen LogP contribution in [0.25, 0.3) is 0 Å². The lowest BCUT2D eigenvalue weighted by Gasteiger charge is -2.26. The predicted molar refractivity (Wildman–Crippen MR) is 66.0 cm³/mol. The summed E-state index contributed by atoms with van der Waals surface area (Å²) in [6.07, 6.45) is 1.93. The second kappa shape index (κ2) is 6.86. The molecule has 0 fully saturated rings. The Labute approximate surface area is 98.6 Å². The van der Waals surface area contributed by atoms with Gasteiger partial charge in [-0.2, -0.15) is 0 Å². The number of nitrogens with one attached hydrogen (secondary N) is 1. The van der Waals surface area contributed by atoms with Gasteiger partial charge in [-0.3, -0.25) is 4.79 Å². The Balaban J connectivity index is 4.06. The zero-order valence-corrected chi connectivity index (χ0v) is 10.9. The summed E-state index contributed by atoms with van der Waals surface area (Å²) in [6, 6.07) is -0.474. The molecule has 96 valence electrons. The molecule has 0 aliphatic heterocycles. The van der Waals surface area contributed by atoms with Crippen LogP contribution < -0.4 is 11.1 Å². The summed E-state index contributed by atoms with van der Waals surface area (Å²) in [5.41, 5.74) is 4.94. The summed E-state index contributed by atoms with van der Waals surface area (Å²) >= 11 is 0. The van der Waals surface area contributed by atoms with E-state index in [-0.39, 0.29) is 12.5 Å². The molecule has 0 aromatic carbocycles. The minimum atomic E-state index is -0.798. The Morgan fingerprint density at radius 2 is 1.88 bits per heavy atom. The highest BCUT2D eigenvalue weighted by molar-refractivity contribution is 5.81. The van der Waals surface area contributed by atoms with Gasteiger partial charge in [-0.25, -0.2) is 0 Å². The van der Waals surface area contributed by atoms with E-state index in [0.717, 1.165) is 0 Å². The van der Waals surface area contributed by atoms with Gasteiger partial charge in [0.05, 0.1) is 11.6 Å². The molecule has 0 saturated heterocycles. The highest BCUT2D eigenvalue weighted by atomic mass is 16.3. The van der Waals surface area contributed by atoms with Crippen molar-refractivity contribution >= 4 is 5.91 Å². The molecule has 1 atom stereocenters. The van der Waals surface area contributed by atoms with Gasteiger partial charge in [0.25, 0.3) is 0 Å². The molecule has 0 aromatic rings. The van der Waals surface area contributed by atoms with E-state index in [0.29, 0.717) is 25.2 Å². The van der Waals surface area contributed by atoms with E-state index in [1.54, 1.807) is 0 Å². The van der Waals surface area contributed by atoms with Gasteiger partial charge in [-0.15, -0.1) is 0 Å². The van der Waals surface area contributed by atoms with Gasteiger partial charge >= 0.3 is 0 Å². The number of aliphatic hydroxyl groups is 1. The van der Waals surface area contributed by atoms with Crippen molar-refractivity contribution in [2.24, 2.45) is 11.7 Å². The SMILES string of the molecule is CCC(O)(CC)CNC(=O)[C@@H](N)CC(C)C. The molecule has 0 bridgehead atoms. The third kappa shape index (κ3) is 5.47. The Hall–Kier alpha value is -0.610. The van der Waals surface area contributed by atoms with Crippen molar-refractivity contribution in [1.82, 2.24) is 5.32 Å². The molecule has 0 spiro atoms. The van der Waals surface area contributed by atoms with Crippen molar-refractivity contribution in [1.29, 1.82) is 0 Å². The lowest BCUT2D eigenvalue weighted by Crippen LogP contribution is -2.48. The minimum Gasteiger partial charge on any atom is -0.388 e. The summed E-state index contributed by atoms with van der Waals surface area (Å²) in [7, 11) is 0. The molecular formula is C12H26N2O2. The Morgan fingerprint density at radius 1 is 1.38 bits per heavy atom. The standard InChI is InChI=1S/C12H26N2O2/c1-5-12(16,6-2)8-14-11(15)10(13)7-9(3)4/h9-10,16H,5-8,13H2,1-4H3,(H,14,15)/t10-/m0/s1. The highest BCUT2D eigenvalue weighted by Gasteiger charge is 2.24. The summed E-state index contributed by atoms with van der Waals surface area (Å²) in [6.45, 7) is 8.15. The second-order valence-electron chi connectivity index (χ2n) is 4.89. The first-order chi connectivity index (χ1) is 7.34. The average Bonchev–Trinajstić information content (AvgIpc) is 2.24. The maximum absolute atomic E-state index is 11.6. The van der Waals surface area contributed by atoms with Gasteiger partial charge in [0.15, 0.2) is 0 Å². The van der Waals surface area contributed by atoms with Gasteiger partial charge in [-0.05, 0) is 25.2 Å². The number of nitrogens with two attached hydrogens (primary N) is 1. The van der Waals surface area contributed by atoms with Crippen molar-refractivity contribution in [2.75, 3.05) is 6.54 Å². The van der Waals surface area contributed by atoms with Crippen molar-refractivity contribution in [3.05, 3.63) is 0 Å². The van der Waals surface area contributed by atoms with Crippen LogP contribution in [0.5, 0.6) is 0 Å². The number of hydrogen-bond donors (Lipinski definition) is 3. The third-order valence-corrected chi connectivity index (χ3v) is 2.97. The lowest BCUT2D eigenvalue weighted by atomic mass is 9.97. The van der Waals surface area contributed by atoms with E-state index in [2.05, 4.69) is 5.32 Å². The molecule has 0 aromatic heterocycles. The van der Waals surface area contributed by atoms with E-state index in [1.165, 1.54) is 0 Å². The maximum atomic E-state index is 11.6. The van der Waals surface area contributed by atoms with Crippen LogP contribution in [0.15, 0.2) is 0 Å². The van der Waals surface area contributed by atoms with Crippen LogP contribution in [0.1, 0.15) is 47.0 Å². The summed E-state index contributed by atoms with van der Waals surface area (Å²) < 4.78 is 0. The number of amides is 1. The largest absolute Gasteiger partial charge is 0.388 e. The fourth-order valence-electron chi connectivity index (χ4n) is 1.50. The molecule has 0 unspecified atom stereocenters. The number of hydrogen-bond acceptors (Lipinski definition) is 3. The predicted octanol–water partition coefficient (Wildman–Crippen LogP) is 1.03. The van der Waals surface area contributed by atoms with Crippen LogP contribution in [0.2, 0.25) is 0 Å². The second-order valence-corrected chi connectivity index (χ2v) is 4.89. The van der Waals surface area contributed by atoms with Crippen LogP contribution in [-0.2, 0) is 4.79 Å². The Kier molecular flexibility index (Phi) is 6.60. The van der Waals surface area contributed by atoms with Gasteiger partial charge in [0.2, 0.25) is 5.91 Å². The molecule has 4 heteroatoms. The van der Waals surface area contributed by atoms with Crippen LogP contribution in [0.3, 0.4) is 0 Å². The van der Waals surface area contributed by atoms with Crippen LogP contribution >= 0.6 is 0 Å². The van der Waals surface area contributed by atoms with Gasteiger partial charge < -0.3 is 16.2 Å². The molecule has 0 aliphatic rings. The molecule has 0 saturated carbocycles. The van der Waals surface area contributed by atoms with Crippen molar-refractivity contribution in [3.8, 4) is 0 Å². The fourth-order valence-corrected chi connectivity index (χ4v) is 1.50. The summed E-state index contributed by atoms with van der Waals surface area (Å²) in [5.74, 6) is 0.228. The Morgan fingerprint density at radius 3 is 2.25 bits per heavy atom. The zero-order chi connectivity index (χ0) is 12.8. The number of carbonyl (C=O) groups excluding carboxylic acids is 1. The number of carbonyl (C=O) groups is 1. The van der Waals surface area contributed by atoms with Crippen LogP contribution in [0.4, 0.5) is 0 Å². The third-order valence-electron chi connectivity index (χ3n) is 2.97. The molecule has 0 rings (SSSR count). The van der Waals surface area contributed by atoms with Crippen LogP contribution in [-0.4, -0.2) is 29.2 Å². The molecule has 4 N–H and O–H groups in total. The molecule has 1 amide bonds. The first-order valence-corrected chi connectivity index (χ1v) is 6.10. The maximum Gasteiger partial charge on any atom is 0.237 e. The molecule has 0 radical (unpaired) electrons. The van der Waals surface area contributed by atoms with Crippen LogP contribution in [0, 0.1) is 5.92 Å². The van der Waals surface area contributed by atoms with Gasteiger partial charge in [-0.1, -0.05) is 27.7 Å². The van der Waals surface area contributed by atoms with Crippen molar-refractivity contribution < 1.29 is 9.90 Å². The first-order valence-electron chi connectivity index (χ1n) is 6.10. The van der Waals surface area contributed by atoms with Crippen molar-refractivity contribution in [3.63, 3.8) is 0 Å². The smallest absolute Gasteiger partial charge is 0.237 e. The quantitative estimate of drug-likeness (QED) is 0.611. The van der Waals surface area contributed by atoms with E-state index < -0.39 is 11.6 Å². The van der Waals surface area contributed by atoms with E-state index >= 15 is 0 Å². The lowest BCUT2D eigenvalue weighted by molar-refractivity contribution is -0.124. The average molecular weight is 230 g/mol. The van der Waals surface area contributed by atoms with E-state index in [9.17, 15) is 9.90 Å². The molecule has 16 heavy (non-hydrogen) atoms. The van der Waals surface area contributed by atoms with E-state index in [4.69, 9.17) is 5.73 Å². The van der Waals surface area contributed by atoms with E-state index in [1.807, 2.05) is 27.7 Å². The highest BCUT2D eigenvalue weighted by Crippen LogP contribution is 2.13. The molecular weight excluding hydrogens is 204 g/mol. The van der Waals surface area contributed by atoms with Gasteiger partial charge in [0, 0.05) is 6.54 Å². The van der Waals surface area contributed by atoms with Crippen molar-refractivity contribution in [2.45, 2.75) is 58.6 Å². The summed E-state index contributed by atoms with van der Waals surface area (Å²) in [5, 5.41) is 12.7. The zero-order valence-electron chi connectivity index (χ0n) is 10.9. The first kappa shape index (κ1) is 15.4. The molecule has 0 heterocycles. The normalized spacial score (nSPS) is 13.9. The Bertz CT molecular complexity index is 213. The summed E-state index contributed by atoms with van der Waals surface area (Å²) in [4.78, 5) is 11.6. The molecule has 4 nitrogen and oxygen atoms in total. The topological polar surface area (TPSA) is 75.3 Å². The number of rotatable bonds is 7.